The summed E-state index contributed by atoms with van der Waals surface area (Å²) in [5, 5.41) is 14.3. The third kappa shape index (κ3) is 7.20. The van der Waals surface area contributed by atoms with Crippen molar-refractivity contribution in [2.24, 2.45) is 0 Å². The van der Waals surface area contributed by atoms with E-state index in [1.807, 2.05) is 69.7 Å². The second kappa shape index (κ2) is 14.0. The van der Waals surface area contributed by atoms with E-state index in [9.17, 15) is 10.1 Å². The molecule has 5 aromatic rings. The number of hydrogen-bond acceptors (Lipinski definition) is 6. The summed E-state index contributed by atoms with van der Waals surface area (Å²) in [6, 6.07) is 26.1. The smallest absolute Gasteiger partial charge is 0.259 e. The van der Waals surface area contributed by atoms with Gasteiger partial charge in [-0.05, 0) is 97.3 Å². The SMILES string of the molecule is CCCc1c(Cc2ccc(-c3ccccc3C#N)cc2)c(=O)n([C@H]2CC[C@H](Oc3ccc(O[Si](C)(C)C(C)(C)C)cc3)CC2)c2ncnn12. The summed E-state index contributed by atoms with van der Waals surface area (Å²) in [4.78, 5) is 19.0. The summed E-state index contributed by atoms with van der Waals surface area (Å²) in [6.07, 6.45) is 7.09. The van der Waals surface area contributed by atoms with Crippen LogP contribution in [0.15, 0.2) is 83.9 Å². The number of nitrogens with zero attached hydrogens (tertiary/aromatic N) is 5. The van der Waals surface area contributed by atoms with Crippen LogP contribution in [0.25, 0.3) is 16.9 Å². The first-order chi connectivity index (χ1) is 23.5. The molecule has 1 aliphatic carbocycles. The molecule has 1 aliphatic rings. The highest BCUT2D eigenvalue weighted by Gasteiger charge is 2.39. The van der Waals surface area contributed by atoms with Crippen molar-refractivity contribution in [3.05, 3.63) is 112 Å². The minimum absolute atomic E-state index is 0.0127. The Morgan fingerprint density at radius 2 is 1.61 bits per heavy atom. The summed E-state index contributed by atoms with van der Waals surface area (Å²) in [5.74, 6) is 2.35. The van der Waals surface area contributed by atoms with Gasteiger partial charge in [0.15, 0.2) is 0 Å². The normalized spacial score (nSPS) is 16.8. The Bertz CT molecular complexity index is 2010. The fourth-order valence-electron chi connectivity index (χ4n) is 6.56. The Kier molecular flexibility index (Phi) is 9.80. The molecular weight excluding hydrogens is 627 g/mol. The third-order valence-corrected chi connectivity index (χ3v) is 14.7. The first-order valence-corrected chi connectivity index (χ1v) is 20.4. The number of fused-ring (bicyclic) bond motifs is 1. The Morgan fingerprint density at radius 3 is 2.27 bits per heavy atom. The monoisotopic (exact) mass is 673 g/mol. The van der Waals surface area contributed by atoms with Gasteiger partial charge in [-0.15, -0.1) is 0 Å². The van der Waals surface area contributed by atoms with Crippen molar-refractivity contribution >= 4 is 14.1 Å². The molecule has 3 aromatic carbocycles. The largest absolute Gasteiger partial charge is 0.543 e. The van der Waals surface area contributed by atoms with Crippen LogP contribution in [0, 0.1) is 11.3 Å². The van der Waals surface area contributed by atoms with E-state index >= 15 is 0 Å². The molecule has 0 atom stereocenters. The van der Waals surface area contributed by atoms with Crippen LogP contribution >= 0.6 is 0 Å². The van der Waals surface area contributed by atoms with Crippen LogP contribution in [0.2, 0.25) is 18.1 Å². The summed E-state index contributed by atoms with van der Waals surface area (Å²) in [6.45, 7) is 13.4. The molecule has 0 N–H and O–H groups in total. The van der Waals surface area contributed by atoms with Crippen LogP contribution in [0.3, 0.4) is 0 Å². The van der Waals surface area contributed by atoms with Crippen LogP contribution in [0.5, 0.6) is 11.5 Å². The molecule has 0 spiro atoms. The molecule has 2 heterocycles. The molecule has 49 heavy (non-hydrogen) atoms. The summed E-state index contributed by atoms with van der Waals surface area (Å²) < 4.78 is 16.6. The highest BCUT2D eigenvalue weighted by atomic mass is 28.4. The molecule has 6 rings (SSSR count). The number of ether oxygens (including phenoxy) is 1. The van der Waals surface area contributed by atoms with Crippen molar-refractivity contribution in [2.75, 3.05) is 0 Å². The molecule has 254 valence electrons. The first kappa shape index (κ1) is 34.2. The Morgan fingerprint density at radius 1 is 0.939 bits per heavy atom. The van der Waals surface area contributed by atoms with Crippen LogP contribution in [0.1, 0.15) is 88.2 Å². The molecule has 9 heteroatoms. The standard InChI is InChI=1S/C40H47N5O3Si/c1-7-10-37-36(25-28-13-15-29(16-14-28)35-12-9-8-11-30(35)26-41)38(46)44(39-42-27-43-45(37)39)31-17-19-32(20-18-31)47-33-21-23-34(24-22-33)48-49(5,6)40(2,3)4/h8-9,11-16,21-24,27,31-32H,7,10,17-20,25H2,1-6H3/t31-,32-. The summed E-state index contributed by atoms with van der Waals surface area (Å²) in [7, 11) is -1.91. The second-order valence-corrected chi connectivity index (χ2v) is 19.5. The fourth-order valence-corrected chi connectivity index (χ4v) is 7.60. The Balaban J connectivity index is 1.20. The van der Waals surface area contributed by atoms with Crippen molar-refractivity contribution < 1.29 is 9.16 Å². The van der Waals surface area contributed by atoms with E-state index in [2.05, 4.69) is 69.1 Å². The molecule has 8 nitrogen and oxygen atoms in total. The fraction of sp³-hybridized carbons (Fsp3) is 0.400. The summed E-state index contributed by atoms with van der Waals surface area (Å²) in [5.41, 5.74) is 5.28. The van der Waals surface area contributed by atoms with Crippen LogP contribution in [-0.4, -0.2) is 33.6 Å². The molecule has 0 aliphatic heterocycles. The van der Waals surface area contributed by atoms with E-state index in [4.69, 9.17) is 9.16 Å². The lowest BCUT2D eigenvalue weighted by Crippen LogP contribution is -2.43. The Labute approximate surface area is 290 Å². The maximum absolute atomic E-state index is 14.4. The molecule has 0 unspecified atom stereocenters. The predicted octanol–water partition coefficient (Wildman–Crippen LogP) is 8.92. The maximum atomic E-state index is 14.4. The van der Waals surface area contributed by atoms with Gasteiger partial charge < -0.3 is 9.16 Å². The number of nitriles is 1. The molecule has 1 saturated carbocycles. The lowest BCUT2D eigenvalue weighted by atomic mass is 9.92. The van der Waals surface area contributed by atoms with Crippen LogP contribution in [0.4, 0.5) is 0 Å². The molecule has 0 saturated heterocycles. The zero-order chi connectivity index (χ0) is 34.8. The van der Waals surface area contributed by atoms with Gasteiger partial charge in [-0.2, -0.15) is 15.3 Å². The topological polar surface area (TPSA) is 94.4 Å². The van der Waals surface area contributed by atoms with E-state index in [-0.39, 0.29) is 22.7 Å². The summed E-state index contributed by atoms with van der Waals surface area (Å²) >= 11 is 0. The van der Waals surface area contributed by atoms with Gasteiger partial charge >= 0.3 is 0 Å². The van der Waals surface area contributed by atoms with Crippen molar-refractivity contribution in [2.45, 2.75) is 103 Å². The number of hydrogen-bond donors (Lipinski definition) is 0. The van der Waals surface area contributed by atoms with Gasteiger partial charge in [-0.3, -0.25) is 9.36 Å². The van der Waals surface area contributed by atoms with Crippen molar-refractivity contribution in [1.29, 1.82) is 5.26 Å². The zero-order valence-corrected chi connectivity index (χ0v) is 30.6. The van der Waals surface area contributed by atoms with Gasteiger partial charge in [0.1, 0.15) is 17.8 Å². The van der Waals surface area contributed by atoms with Gasteiger partial charge in [0.25, 0.3) is 5.56 Å². The maximum Gasteiger partial charge on any atom is 0.259 e. The molecular formula is C40H47N5O3Si. The van der Waals surface area contributed by atoms with E-state index in [1.165, 1.54) is 0 Å². The quantitative estimate of drug-likeness (QED) is 0.137. The van der Waals surface area contributed by atoms with Gasteiger partial charge in [0.05, 0.1) is 23.4 Å². The zero-order valence-electron chi connectivity index (χ0n) is 29.6. The average molecular weight is 674 g/mol. The van der Waals surface area contributed by atoms with Crippen molar-refractivity contribution in [1.82, 2.24) is 19.2 Å². The first-order valence-electron chi connectivity index (χ1n) is 17.5. The molecule has 2 aromatic heterocycles. The highest BCUT2D eigenvalue weighted by Crippen LogP contribution is 2.38. The molecule has 0 bridgehead atoms. The molecule has 1 fully saturated rings. The lowest BCUT2D eigenvalue weighted by molar-refractivity contribution is 0.132. The second-order valence-electron chi connectivity index (χ2n) is 14.7. The number of aromatic nitrogens is 4. The van der Waals surface area contributed by atoms with Gasteiger partial charge in [0.2, 0.25) is 14.1 Å². The van der Waals surface area contributed by atoms with Gasteiger partial charge in [0, 0.05) is 18.0 Å². The highest BCUT2D eigenvalue weighted by molar-refractivity contribution is 6.74. The van der Waals surface area contributed by atoms with Crippen LogP contribution < -0.4 is 14.7 Å². The van der Waals surface area contributed by atoms with Gasteiger partial charge in [-0.1, -0.05) is 76.6 Å². The minimum atomic E-state index is -1.91. The third-order valence-electron chi connectivity index (χ3n) is 10.3. The minimum Gasteiger partial charge on any atom is -0.543 e. The average Bonchev–Trinajstić information content (AvgIpc) is 3.57. The van der Waals surface area contributed by atoms with Crippen molar-refractivity contribution in [3.8, 4) is 28.7 Å². The molecule has 0 amide bonds. The van der Waals surface area contributed by atoms with Gasteiger partial charge in [-0.25, -0.2) is 4.52 Å². The predicted molar refractivity (Wildman–Crippen MR) is 197 cm³/mol. The lowest BCUT2D eigenvalue weighted by Gasteiger charge is -2.36. The number of aryl methyl sites for hydroxylation is 1. The molecule has 0 radical (unpaired) electrons. The van der Waals surface area contributed by atoms with E-state index < -0.39 is 8.32 Å². The van der Waals surface area contributed by atoms with E-state index in [0.29, 0.717) is 17.8 Å². The van der Waals surface area contributed by atoms with Crippen LogP contribution in [-0.2, 0) is 12.8 Å². The number of rotatable bonds is 10. The van der Waals surface area contributed by atoms with Crippen molar-refractivity contribution in [3.63, 3.8) is 0 Å². The number of benzene rings is 3. The van der Waals surface area contributed by atoms with E-state index in [0.717, 1.165) is 78.0 Å². The Hall–Kier alpha value is -4.68. The van der Waals surface area contributed by atoms with E-state index in [1.54, 1.807) is 6.33 Å².